The van der Waals surface area contributed by atoms with Crippen LogP contribution in [0.25, 0.3) is 0 Å². The van der Waals surface area contributed by atoms with Gasteiger partial charge in [-0.05, 0) is 63.3 Å². The highest BCUT2D eigenvalue weighted by atomic mass is 14.9. The first kappa shape index (κ1) is 12.4. The molecule has 0 aromatic heterocycles. The second kappa shape index (κ2) is 6.05. The van der Waals surface area contributed by atoms with E-state index in [1.54, 1.807) is 0 Å². The van der Waals surface area contributed by atoms with Crippen molar-refractivity contribution in [3.8, 4) is 0 Å². The maximum Gasteiger partial charge on any atom is 0.00388 e. The molecule has 1 unspecified atom stereocenters. The molecule has 1 atom stereocenters. The molecule has 0 heterocycles. The van der Waals surface area contributed by atoms with Gasteiger partial charge in [0.2, 0.25) is 0 Å². The summed E-state index contributed by atoms with van der Waals surface area (Å²) in [4.78, 5) is 0. The Balaban J connectivity index is 1.57. The maximum atomic E-state index is 3.78. The predicted molar refractivity (Wildman–Crippen MR) is 70.5 cm³/mol. The van der Waals surface area contributed by atoms with Crippen molar-refractivity contribution >= 4 is 0 Å². The second-order valence-corrected chi connectivity index (χ2v) is 6.14. The lowest BCUT2D eigenvalue weighted by Gasteiger charge is -2.20. The third-order valence-corrected chi connectivity index (χ3v) is 4.40. The van der Waals surface area contributed by atoms with Crippen LogP contribution in [0.3, 0.4) is 0 Å². The predicted octanol–water partition coefficient (Wildman–Crippen LogP) is 3.98. The molecule has 2 saturated carbocycles. The molecule has 94 valence electrons. The van der Waals surface area contributed by atoms with Crippen molar-refractivity contribution in [3.05, 3.63) is 0 Å². The molecule has 1 N–H and O–H groups in total. The van der Waals surface area contributed by atoms with Crippen LogP contribution in [0.4, 0.5) is 0 Å². The largest absolute Gasteiger partial charge is 0.314 e. The Morgan fingerprint density at radius 1 is 1.06 bits per heavy atom. The van der Waals surface area contributed by atoms with E-state index >= 15 is 0 Å². The molecule has 2 rings (SSSR count). The van der Waals surface area contributed by atoms with Crippen LogP contribution in [0.5, 0.6) is 0 Å². The average molecular weight is 223 g/mol. The summed E-state index contributed by atoms with van der Waals surface area (Å²) < 4.78 is 0. The highest BCUT2D eigenvalue weighted by Gasteiger charge is 2.40. The van der Waals surface area contributed by atoms with Crippen molar-refractivity contribution in [1.29, 1.82) is 0 Å². The van der Waals surface area contributed by atoms with Crippen molar-refractivity contribution in [2.75, 3.05) is 6.54 Å². The van der Waals surface area contributed by atoms with E-state index in [1.807, 2.05) is 0 Å². The molecule has 0 aromatic rings. The number of nitrogens with one attached hydrogen (secondary N) is 1. The van der Waals surface area contributed by atoms with Crippen LogP contribution < -0.4 is 5.32 Å². The highest BCUT2D eigenvalue weighted by molar-refractivity contribution is 4.92. The van der Waals surface area contributed by atoms with E-state index in [-0.39, 0.29) is 0 Å². The van der Waals surface area contributed by atoms with Crippen molar-refractivity contribution in [1.82, 2.24) is 5.32 Å². The minimum atomic E-state index is 0.742. The summed E-state index contributed by atoms with van der Waals surface area (Å²) in [5, 5.41) is 3.78. The molecule has 0 aliphatic heterocycles. The van der Waals surface area contributed by atoms with Crippen LogP contribution in [-0.4, -0.2) is 12.6 Å². The van der Waals surface area contributed by atoms with Gasteiger partial charge in [0.25, 0.3) is 0 Å². The number of unbranched alkanes of at least 4 members (excludes halogenated alkanes) is 2. The minimum absolute atomic E-state index is 0.742. The van der Waals surface area contributed by atoms with E-state index in [9.17, 15) is 0 Å². The lowest BCUT2D eigenvalue weighted by molar-refractivity contribution is 0.351. The molecule has 0 aromatic carbocycles. The highest BCUT2D eigenvalue weighted by Crippen LogP contribution is 2.48. The first-order valence-electron chi connectivity index (χ1n) is 7.54. The third kappa shape index (κ3) is 4.08. The van der Waals surface area contributed by atoms with Crippen molar-refractivity contribution in [2.24, 2.45) is 17.8 Å². The summed E-state index contributed by atoms with van der Waals surface area (Å²) >= 11 is 0. The van der Waals surface area contributed by atoms with Crippen molar-refractivity contribution < 1.29 is 0 Å². The smallest absolute Gasteiger partial charge is 0.00388 e. The first-order chi connectivity index (χ1) is 7.81. The van der Waals surface area contributed by atoms with Crippen molar-refractivity contribution in [2.45, 2.75) is 71.3 Å². The zero-order valence-corrected chi connectivity index (χ0v) is 11.2. The Bertz CT molecular complexity index is 182. The summed E-state index contributed by atoms with van der Waals surface area (Å²) in [6.45, 7) is 5.96. The standard InChI is InChI=1S/C15H29N/c1-3-4-5-6-12(2)16-11-15(13-7-8-13)14-9-10-14/h12-16H,3-11H2,1-2H3. The van der Waals surface area contributed by atoms with Gasteiger partial charge < -0.3 is 5.32 Å². The number of rotatable bonds is 9. The van der Waals surface area contributed by atoms with E-state index in [0.717, 1.165) is 23.8 Å². The van der Waals surface area contributed by atoms with Gasteiger partial charge >= 0.3 is 0 Å². The molecule has 2 aliphatic rings. The fourth-order valence-corrected chi connectivity index (χ4v) is 2.91. The van der Waals surface area contributed by atoms with Crippen LogP contribution in [0, 0.1) is 17.8 Å². The Morgan fingerprint density at radius 2 is 1.69 bits per heavy atom. The molecular formula is C15H29N. The molecule has 2 fully saturated rings. The van der Waals surface area contributed by atoms with Gasteiger partial charge in [-0.3, -0.25) is 0 Å². The lowest BCUT2D eigenvalue weighted by Crippen LogP contribution is -2.32. The van der Waals surface area contributed by atoms with Gasteiger partial charge in [-0.2, -0.15) is 0 Å². The molecular weight excluding hydrogens is 194 g/mol. The topological polar surface area (TPSA) is 12.0 Å². The van der Waals surface area contributed by atoms with Gasteiger partial charge in [-0.15, -0.1) is 0 Å². The fraction of sp³-hybridized carbons (Fsp3) is 1.00. The summed E-state index contributed by atoms with van der Waals surface area (Å²) in [7, 11) is 0. The Morgan fingerprint density at radius 3 is 2.19 bits per heavy atom. The molecule has 0 saturated heterocycles. The van der Waals surface area contributed by atoms with Gasteiger partial charge in [0.15, 0.2) is 0 Å². The summed E-state index contributed by atoms with van der Waals surface area (Å²) in [6.07, 6.45) is 11.6. The molecule has 0 radical (unpaired) electrons. The van der Waals surface area contributed by atoms with Crippen LogP contribution >= 0.6 is 0 Å². The summed E-state index contributed by atoms with van der Waals surface area (Å²) in [5.41, 5.74) is 0. The van der Waals surface area contributed by atoms with Gasteiger partial charge in [0.1, 0.15) is 0 Å². The van der Waals surface area contributed by atoms with Gasteiger partial charge in [-0.25, -0.2) is 0 Å². The maximum absolute atomic E-state index is 3.78. The Hall–Kier alpha value is -0.0400. The average Bonchev–Trinajstić information content (AvgIpc) is 3.13. The van der Waals surface area contributed by atoms with E-state index in [0.29, 0.717) is 0 Å². The number of hydrogen-bond acceptors (Lipinski definition) is 1. The number of hydrogen-bond donors (Lipinski definition) is 1. The zero-order chi connectivity index (χ0) is 11.4. The van der Waals surface area contributed by atoms with Gasteiger partial charge in [-0.1, -0.05) is 26.2 Å². The first-order valence-corrected chi connectivity index (χ1v) is 7.54. The van der Waals surface area contributed by atoms with Gasteiger partial charge in [0, 0.05) is 6.04 Å². The zero-order valence-electron chi connectivity index (χ0n) is 11.2. The van der Waals surface area contributed by atoms with Crippen LogP contribution in [-0.2, 0) is 0 Å². The normalized spacial score (nSPS) is 22.7. The third-order valence-electron chi connectivity index (χ3n) is 4.40. The van der Waals surface area contributed by atoms with Crippen molar-refractivity contribution in [3.63, 3.8) is 0 Å². The molecule has 0 bridgehead atoms. The lowest BCUT2D eigenvalue weighted by atomic mass is 9.97. The van der Waals surface area contributed by atoms with Crippen LogP contribution in [0.2, 0.25) is 0 Å². The summed E-state index contributed by atoms with van der Waals surface area (Å²) in [6, 6.07) is 0.742. The van der Waals surface area contributed by atoms with Crippen LogP contribution in [0.1, 0.15) is 65.2 Å². The van der Waals surface area contributed by atoms with E-state index in [4.69, 9.17) is 0 Å². The Kier molecular flexibility index (Phi) is 4.69. The summed E-state index contributed by atoms with van der Waals surface area (Å²) in [5.74, 6) is 3.24. The molecule has 0 amide bonds. The fourth-order valence-electron chi connectivity index (χ4n) is 2.91. The van der Waals surface area contributed by atoms with E-state index < -0.39 is 0 Å². The molecule has 0 spiro atoms. The SMILES string of the molecule is CCCCCC(C)NCC(C1CC1)C1CC1. The van der Waals surface area contributed by atoms with E-state index in [1.165, 1.54) is 57.9 Å². The van der Waals surface area contributed by atoms with Gasteiger partial charge in [0.05, 0.1) is 0 Å². The molecule has 16 heavy (non-hydrogen) atoms. The van der Waals surface area contributed by atoms with Crippen LogP contribution in [0.15, 0.2) is 0 Å². The van der Waals surface area contributed by atoms with E-state index in [2.05, 4.69) is 19.2 Å². The second-order valence-electron chi connectivity index (χ2n) is 6.14. The molecule has 1 heteroatoms. The minimum Gasteiger partial charge on any atom is -0.314 e. The molecule has 2 aliphatic carbocycles. The monoisotopic (exact) mass is 223 g/mol. The Labute approximate surface area is 101 Å². The quantitative estimate of drug-likeness (QED) is 0.583. The molecule has 1 nitrogen and oxygen atoms in total.